The zero-order valence-electron chi connectivity index (χ0n) is 20.3. The molecule has 2 heterocycles. The van der Waals surface area contributed by atoms with Gasteiger partial charge in [0.1, 0.15) is 0 Å². The molecule has 0 aromatic carbocycles. The van der Waals surface area contributed by atoms with Crippen molar-refractivity contribution in [2.45, 2.75) is 71.8 Å². The summed E-state index contributed by atoms with van der Waals surface area (Å²) >= 11 is 3.60. The van der Waals surface area contributed by atoms with Crippen LogP contribution in [0.3, 0.4) is 0 Å². The molecule has 0 aromatic rings. The molecule has 0 spiro atoms. The van der Waals surface area contributed by atoms with E-state index in [0.29, 0.717) is 5.41 Å². The van der Waals surface area contributed by atoms with Gasteiger partial charge in [-0.15, -0.1) is 23.5 Å². The summed E-state index contributed by atoms with van der Waals surface area (Å²) in [5.74, 6) is 6.01. The van der Waals surface area contributed by atoms with Crippen molar-refractivity contribution in [1.82, 2.24) is 0 Å². The molecule has 4 rings (SSSR count). The third-order valence-corrected chi connectivity index (χ3v) is 10.9. The molecule has 2 aliphatic heterocycles. The maximum atomic E-state index is 4.93. The van der Waals surface area contributed by atoms with Crippen molar-refractivity contribution in [2.75, 3.05) is 0 Å². The van der Waals surface area contributed by atoms with Crippen LogP contribution in [0.2, 0.25) is 0 Å². The van der Waals surface area contributed by atoms with E-state index in [1.165, 1.54) is 12.8 Å². The monoisotopic (exact) mass is 566 g/mol. The standard InChI is InChI=1S/C23H36S2.2CH3.2ClH.Zr/c1-12(2)16-8-13(3)19(11-16)23(6,7)20-21-17(9-14(4)24-21)18-10-15(5)25-22(18)20;;;;;/h9-10,12-13,16-22H,8,11H2,1-7H3;2*1H3;2*1H;/q;2*-1;;;+4/p-2. The van der Waals surface area contributed by atoms with Crippen LogP contribution in [0, 0.1) is 61.7 Å². The molecule has 0 nitrogen and oxygen atoms in total. The fraction of sp³-hybridized carbons (Fsp3) is 0.760. The van der Waals surface area contributed by atoms with Crippen molar-refractivity contribution in [2.24, 2.45) is 46.8 Å². The van der Waals surface area contributed by atoms with Crippen molar-refractivity contribution < 1.29 is 20.8 Å². The Bertz CT molecular complexity index is 599. The Hall–Kier alpha value is 1.64. The molecule has 0 saturated heterocycles. The Balaban J connectivity index is 0.000000851. The van der Waals surface area contributed by atoms with Gasteiger partial charge in [-0.1, -0.05) is 46.8 Å². The van der Waals surface area contributed by atoms with E-state index in [1.807, 2.05) is 0 Å². The molecule has 0 radical (unpaired) electrons. The second-order valence-electron chi connectivity index (χ2n) is 10.4. The molecule has 0 N–H and O–H groups in total. The van der Waals surface area contributed by atoms with Crippen LogP contribution in [0.1, 0.15) is 61.3 Å². The molecule has 0 aromatic heterocycles. The Kier molecular flexibility index (Phi) is 11.7. The average molecular weight is 569 g/mol. The van der Waals surface area contributed by atoms with Gasteiger partial charge in [0.2, 0.25) is 0 Å². The number of hydrogen-bond acceptors (Lipinski definition) is 2. The summed E-state index contributed by atoms with van der Waals surface area (Å²) in [6, 6.07) is 0. The number of halogens is 2. The molecular weight excluding hydrogens is 527 g/mol. The van der Waals surface area contributed by atoms with Crippen LogP contribution in [0.4, 0.5) is 0 Å². The number of allylic oxidation sites excluding steroid dienone is 4. The summed E-state index contributed by atoms with van der Waals surface area (Å²) in [6.45, 7) is 17.4. The average Bonchev–Trinajstić information content (AvgIpc) is 3.29. The molecule has 30 heavy (non-hydrogen) atoms. The summed E-state index contributed by atoms with van der Waals surface area (Å²) in [5.41, 5.74) is 0.447. The van der Waals surface area contributed by atoms with Crippen LogP contribution < -0.4 is 0 Å². The Morgan fingerprint density at radius 3 is 1.77 bits per heavy atom. The summed E-state index contributed by atoms with van der Waals surface area (Å²) in [7, 11) is 9.87. The van der Waals surface area contributed by atoms with E-state index < -0.39 is 20.8 Å². The van der Waals surface area contributed by atoms with Gasteiger partial charge in [0, 0.05) is 10.5 Å². The van der Waals surface area contributed by atoms with Gasteiger partial charge in [-0.2, -0.15) is 0 Å². The zero-order chi connectivity index (χ0) is 20.8. The fourth-order valence-electron chi connectivity index (χ4n) is 6.84. The van der Waals surface area contributed by atoms with Crippen LogP contribution >= 0.6 is 40.5 Å². The summed E-state index contributed by atoms with van der Waals surface area (Å²) in [6.07, 6.45) is 8.16. The van der Waals surface area contributed by atoms with Crippen molar-refractivity contribution >= 4 is 40.5 Å². The van der Waals surface area contributed by atoms with Gasteiger partial charge >= 0.3 is 37.9 Å². The summed E-state index contributed by atoms with van der Waals surface area (Å²) < 4.78 is 0. The van der Waals surface area contributed by atoms with Crippen molar-refractivity contribution in [3.05, 3.63) is 36.8 Å². The van der Waals surface area contributed by atoms with Crippen LogP contribution in [-0.2, 0) is 20.8 Å². The second-order valence-corrected chi connectivity index (χ2v) is 16.9. The topological polar surface area (TPSA) is 0 Å². The van der Waals surface area contributed by atoms with Gasteiger partial charge in [0.25, 0.3) is 0 Å². The molecule has 172 valence electrons. The summed E-state index contributed by atoms with van der Waals surface area (Å²) in [4.78, 5) is 3.16. The maximum absolute atomic E-state index is 4.93. The predicted octanol–water partition coefficient (Wildman–Crippen LogP) is 9.51. The quantitative estimate of drug-likeness (QED) is 0.311. The Morgan fingerprint density at radius 2 is 1.40 bits per heavy atom. The molecule has 2 fully saturated rings. The molecule has 0 amide bonds. The first-order valence-electron chi connectivity index (χ1n) is 10.8. The van der Waals surface area contributed by atoms with Crippen LogP contribution in [0.5, 0.6) is 0 Å². The van der Waals surface area contributed by atoms with Gasteiger partial charge in [0.15, 0.2) is 0 Å². The van der Waals surface area contributed by atoms with E-state index in [1.54, 1.807) is 9.81 Å². The molecule has 4 aliphatic rings. The van der Waals surface area contributed by atoms with Gasteiger partial charge in [-0.25, -0.2) is 0 Å². The van der Waals surface area contributed by atoms with Crippen LogP contribution in [0.25, 0.3) is 0 Å². The predicted molar refractivity (Wildman–Crippen MR) is 139 cm³/mol. The normalized spacial score (nSPS) is 39.0. The van der Waals surface area contributed by atoms with Gasteiger partial charge in [-0.05, 0) is 83.3 Å². The number of rotatable bonds is 3. The van der Waals surface area contributed by atoms with E-state index in [0.717, 1.165) is 51.9 Å². The minimum absolute atomic E-state index is 0. The molecular formula is C25H42Cl2S2Zr. The molecule has 7 atom stereocenters. The van der Waals surface area contributed by atoms with E-state index in [-0.39, 0.29) is 14.9 Å². The zero-order valence-corrected chi connectivity index (χ0v) is 25.9. The molecule has 7 unspecified atom stereocenters. The van der Waals surface area contributed by atoms with E-state index in [2.05, 4.69) is 84.1 Å². The Labute approximate surface area is 215 Å². The molecule has 2 saturated carbocycles. The number of thioether (sulfide) groups is 2. The fourth-order valence-corrected chi connectivity index (χ4v) is 10.4. The third kappa shape index (κ3) is 5.64. The molecule has 2 aliphatic carbocycles. The van der Waals surface area contributed by atoms with Crippen LogP contribution in [-0.4, -0.2) is 10.5 Å². The third-order valence-electron chi connectivity index (χ3n) is 8.09. The van der Waals surface area contributed by atoms with Gasteiger partial charge in [-0.3, -0.25) is 0 Å². The van der Waals surface area contributed by atoms with Crippen molar-refractivity contribution in [3.8, 4) is 0 Å². The van der Waals surface area contributed by atoms with Crippen molar-refractivity contribution in [1.29, 1.82) is 0 Å². The second kappa shape index (κ2) is 11.9. The SMILES string of the molecule is CC1=CC2C3C=C(C)SC3C(C(C)(C)C3CC(C(C)C)CC3C)C2S1.[CH3-].[CH3-].[Cl][Zr+2][Cl]. The van der Waals surface area contributed by atoms with Crippen LogP contribution in [0.15, 0.2) is 22.0 Å². The first-order chi connectivity index (χ1) is 13.1. The van der Waals surface area contributed by atoms with Gasteiger partial charge < -0.3 is 14.9 Å². The van der Waals surface area contributed by atoms with Crippen molar-refractivity contribution in [3.63, 3.8) is 0 Å². The molecule has 0 bridgehead atoms. The van der Waals surface area contributed by atoms with E-state index in [4.69, 9.17) is 17.0 Å². The number of fused-ring (bicyclic) bond motifs is 3. The molecule has 5 heteroatoms. The first kappa shape index (κ1) is 29.7. The van der Waals surface area contributed by atoms with Gasteiger partial charge in [0.05, 0.1) is 0 Å². The Morgan fingerprint density at radius 1 is 0.967 bits per heavy atom. The summed E-state index contributed by atoms with van der Waals surface area (Å²) in [5, 5.41) is 1.65. The number of hydrogen-bond donors (Lipinski definition) is 0. The first-order valence-corrected chi connectivity index (χ1v) is 18.9. The van der Waals surface area contributed by atoms with E-state index in [9.17, 15) is 0 Å². The minimum atomic E-state index is -0.826. The van der Waals surface area contributed by atoms with E-state index >= 15 is 0 Å².